The molecule has 0 spiro atoms. The summed E-state index contributed by atoms with van der Waals surface area (Å²) in [7, 11) is 0. The zero-order valence-corrected chi connectivity index (χ0v) is 18.7. The summed E-state index contributed by atoms with van der Waals surface area (Å²) in [5.41, 5.74) is 3.79. The van der Waals surface area contributed by atoms with Crippen LogP contribution in [-0.4, -0.2) is 24.2 Å². The van der Waals surface area contributed by atoms with Gasteiger partial charge in [-0.25, -0.2) is 15.3 Å². The van der Waals surface area contributed by atoms with Crippen LogP contribution in [0.5, 0.6) is 0 Å². The minimum absolute atomic E-state index is 0.00367. The summed E-state index contributed by atoms with van der Waals surface area (Å²) in [5, 5.41) is 3.19. The van der Waals surface area contributed by atoms with Crippen molar-refractivity contribution >= 4 is 52.2 Å². The van der Waals surface area contributed by atoms with Gasteiger partial charge in [-0.05, 0) is 42.5 Å². The van der Waals surface area contributed by atoms with Crippen LogP contribution >= 0.6 is 23.2 Å². The number of benzene rings is 3. The van der Waals surface area contributed by atoms with Gasteiger partial charge in [0.25, 0.3) is 0 Å². The fraction of sp³-hybridized carbons (Fsp3) is 0.0870. The SMILES string of the molecule is O=C(Nc1cccc(C(F)(F)F)c1)ONC1=Nc2ccc(Cl)cc2C(c2ccccc2Cl)=NC1. The van der Waals surface area contributed by atoms with Crippen LogP contribution in [0.1, 0.15) is 16.7 Å². The molecular formula is C23H15Cl2F3N4O2. The van der Waals surface area contributed by atoms with Crippen LogP contribution in [0.2, 0.25) is 10.0 Å². The van der Waals surface area contributed by atoms with Gasteiger partial charge < -0.3 is 4.84 Å². The van der Waals surface area contributed by atoms with Gasteiger partial charge in [0.2, 0.25) is 0 Å². The van der Waals surface area contributed by atoms with Crippen molar-refractivity contribution in [3.63, 3.8) is 0 Å². The molecule has 0 fully saturated rings. The van der Waals surface area contributed by atoms with E-state index >= 15 is 0 Å². The van der Waals surface area contributed by atoms with Crippen LogP contribution in [0.25, 0.3) is 0 Å². The first-order valence-electron chi connectivity index (χ1n) is 9.78. The summed E-state index contributed by atoms with van der Waals surface area (Å²) in [5.74, 6) is 0.185. The first-order chi connectivity index (χ1) is 16.2. The Hall–Kier alpha value is -3.56. The maximum absolute atomic E-state index is 12.9. The van der Waals surface area contributed by atoms with Crippen LogP contribution in [0, 0.1) is 0 Å². The van der Waals surface area contributed by atoms with E-state index in [9.17, 15) is 18.0 Å². The normalized spacial score (nSPS) is 13.2. The highest BCUT2D eigenvalue weighted by molar-refractivity contribution is 6.36. The first kappa shape index (κ1) is 23.6. The first-order valence-corrected chi connectivity index (χ1v) is 10.5. The van der Waals surface area contributed by atoms with Crippen molar-refractivity contribution < 1.29 is 22.8 Å². The summed E-state index contributed by atoms with van der Waals surface area (Å²) in [6.45, 7) is 0.00367. The fourth-order valence-electron chi connectivity index (χ4n) is 3.18. The lowest BCUT2D eigenvalue weighted by Crippen LogP contribution is -2.31. The van der Waals surface area contributed by atoms with E-state index in [0.717, 1.165) is 12.1 Å². The van der Waals surface area contributed by atoms with Crippen LogP contribution in [0.4, 0.5) is 29.3 Å². The number of hydrogen-bond donors (Lipinski definition) is 2. The quantitative estimate of drug-likeness (QED) is 0.382. The molecule has 1 amide bonds. The van der Waals surface area contributed by atoms with Crippen molar-refractivity contribution in [2.75, 3.05) is 11.9 Å². The van der Waals surface area contributed by atoms with Crippen molar-refractivity contribution in [3.05, 3.63) is 93.5 Å². The fourth-order valence-corrected chi connectivity index (χ4v) is 3.57. The van der Waals surface area contributed by atoms with Crippen LogP contribution < -0.4 is 10.8 Å². The largest absolute Gasteiger partial charge is 0.435 e. The second kappa shape index (κ2) is 9.74. The molecule has 34 heavy (non-hydrogen) atoms. The number of nitrogens with one attached hydrogen (secondary N) is 2. The predicted molar refractivity (Wildman–Crippen MR) is 125 cm³/mol. The lowest BCUT2D eigenvalue weighted by Gasteiger charge is -2.11. The van der Waals surface area contributed by atoms with Crippen molar-refractivity contribution in [2.24, 2.45) is 9.98 Å². The average Bonchev–Trinajstić information content (AvgIpc) is 2.97. The highest BCUT2D eigenvalue weighted by atomic mass is 35.5. The standard InChI is InChI=1S/C23H15Cl2F3N4O2/c24-14-8-9-19-17(11-14)21(16-6-1-2-7-18(16)25)29-12-20(31-19)32-34-22(33)30-15-5-3-4-13(10-15)23(26,27)28/h1-11H,12H2,(H,30,33)(H,31,32). The average molecular weight is 507 g/mol. The van der Waals surface area contributed by atoms with E-state index in [2.05, 4.69) is 20.8 Å². The topological polar surface area (TPSA) is 75.1 Å². The zero-order chi connectivity index (χ0) is 24.3. The third kappa shape index (κ3) is 5.49. The van der Waals surface area contributed by atoms with Gasteiger partial charge in [0, 0.05) is 26.9 Å². The molecule has 0 saturated heterocycles. The molecule has 3 aromatic carbocycles. The summed E-state index contributed by atoms with van der Waals surface area (Å²) < 4.78 is 38.6. The number of carbonyl (C=O) groups is 1. The number of rotatable bonds is 2. The van der Waals surface area contributed by atoms with E-state index in [-0.39, 0.29) is 18.1 Å². The summed E-state index contributed by atoms with van der Waals surface area (Å²) >= 11 is 12.5. The number of amides is 1. The second-order valence-corrected chi connectivity index (χ2v) is 7.90. The number of fused-ring (bicyclic) bond motifs is 1. The maximum atomic E-state index is 12.9. The number of hydrogen-bond acceptors (Lipinski definition) is 5. The van der Waals surface area contributed by atoms with Gasteiger partial charge >= 0.3 is 12.3 Å². The Morgan fingerprint density at radius 3 is 2.53 bits per heavy atom. The number of hydroxylamine groups is 1. The van der Waals surface area contributed by atoms with Gasteiger partial charge in [0.15, 0.2) is 5.84 Å². The van der Waals surface area contributed by atoms with Gasteiger partial charge in [-0.15, -0.1) is 0 Å². The van der Waals surface area contributed by atoms with Crippen LogP contribution in [0.3, 0.4) is 0 Å². The molecule has 1 aliphatic rings. The third-order valence-corrected chi connectivity index (χ3v) is 5.25. The molecule has 4 rings (SSSR count). The number of nitrogens with zero attached hydrogens (tertiary/aromatic N) is 2. The molecule has 6 nitrogen and oxygen atoms in total. The van der Waals surface area contributed by atoms with Crippen LogP contribution in [-0.2, 0) is 11.0 Å². The van der Waals surface area contributed by atoms with Gasteiger partial charge in [0.05, 0.1) is 17.0 Å². The Balaban J connectivity index is 1.52. The number of carbonyl (C=O) groups excluding carboxylic acids is 1. The molecule has 0 aliphatic carbocycles. The molecule has 0 bridgehead atoms. The lowest BCUT2D eigenvalue weighted by molar-refractivity contribution is -0.137. The smallest absolute Gasteiger partial charge is 0.323 e. The molecule has 0 atom stereocenters. The van der Waals surface area contributed by atoms with Crippen molar-refractivity contribution in [3.8, 4) is 0 Å². The van der Waals surface area contributed by atoms with E-state index in [0.29, 0.717) is 32.6 Å². The van der Waals surface area contributed by atoms with Gasteiger partial charge in [-0.1, -0.05) is 47.5 Å². The number of alkyl halides is 3. The van der Waals surface area contributed by atoms with E-state index in [1.165, 1.54) is 12.1 Å². The molecule has 0 radical (unpaired) electrons. The summed E-state index contributed by atoms with van der Waals surface area (Å²) in [6.07, 6.45) is -5.57. The van der Waals surface area contributed by atoms with E-state index in [1.54, 1.807) is 30.3 Å². The number of anilines is 1. The Morgan fingerprint density at radius 1 is 0.971 bits per heavy atom. The van der Waals surface area contributed by atoms with E-state index in [4.69, 9.17) is 28.0 Å². The minimum Gasteiger partial charge on any atom is -0.323 e. The predicted octanol–water partition coefficient (Wildman–Crippen LogP) is 6.65. The number of aliphatic imine (C=N–C) groups is 2. The molecule has 174 valence electrons. The third-order valence-electron chi connectivity index (χ3n) is 4.68. The molecular weight excluding hydrogens is 492 g/mol. The van der Waals surface area contributed by atoms with Crippen molar-refractivity contribution in [1.82, 2.24) is 5.48 Å². The van der Waals surface area contributed by atoms with Crippen LogP contribution in [0.15, 0.2) is 76.7 Å². The highest BCUT2D eigenvalue weighted by Crippen LogP contribution is 2.31. The highest BCUT2D eigenvalue weighted by Gasteiger charge is 2.30. The molecule has 2 N–H and O–H groups in total. The Kier molecular flexibility index (Phi) is 6.76. The molecule has 0 aromatic heterocycles. The Morgan fingerprint density at radius 2 is 1.76 bits per heavy atom. The van der Waals surface area contributed by atoms with Gasteiger partial charge in [0.1, 0.15) is 6.54 Å². The molecule has 0 saturated carbocycles. The van der Waals surface area contributed by atoms with Gasteiger partial charge in [-0.2, -0.15) is 13.2 Å². The summed E-state index contributed by atoms with van der Waals surface area (Å²) in [6, 6.07) is 16.4. The summed E-state index contributed by atoms with van der Waals surface area (Å²) in [4.78, 5) is 26.1. The molecule has 1 heterocycles. The Labute approximate surface area is 202 Å². The van der Waals surface area contributed by atoms with E-state index in [1.807, 2.05) is 12.1 Å². The Bertz CT molecular complexity index is 1310. The molecule has 1 aliphatic heterocycles. The number of halogens is 5. The lowest BCUT2D eigenvalue weighted by atomic mass is 10.0. The van der Waals surface area contributed by atoms with Gasteiger partial charge in [-0.3, -0.25) is 10.3 Å². The van der Waals surface area contributed by atoms with E-state index < -0.39 is 17.8 Å². The minimum atomic E-state index is -4.54. The van der Waals surface area contributed by atoms with Crippen molar-refractivity contribution in [2.45, 2.75) is 6.18 Å². The monoisotopic (exact) mass is 506 g/mol. The molecule has 11 heteroatoms. The number of amidine groups is 1. The second-order valence-electron chi connectivity index (χ2n) is 7.06. The maximum Gasteiger partial charge on any atom is 0.435 e. The molecule has 3 aromatic rings. The zero-order valence-electron chi connectivity index (χ0n) is 17.2. The molecule has 0 unspecified atom stereocenters. The van der Waals surface area contributed by atoms with Crippen molar-refractivity contribution in [1.29, 1.82) is 0 Å².